The summed E-state index contributed by atoms with van der Waals surface area (Å²) in [6, 6.07) is 9.15. The molecule has 1 saturated carbocycles. The summed E-state index contributed by atoms with van der Waals surface area (Å²) >= 11 is -1.33. The summed E-state index contributed by atoms with van der Waals surface area (Å²) < 4.78 is 38.4. The molecule has 2 atom stereocenters. The second kappa shape index (κ2) is 15.5. The molecule has 0 amide bonds. The summed E-state index contributed by atoms with van der Waals surface area (Å²) in [6.07, 6.45) is 6.59. The van der Waals surface area contributed by atoms with Gasteiger partial charge in [0.25, 0.3) is 0 Å². The fourth-order valence-corrected chi connectivity index (χ4v) is 7.75. The van der Waals surface area contributed by atoms with E-state index in [-0.39, 0.29) is 37.3 Å². The lowest BCUT2D eigenvalue weighted by atomic mass is 9.75. The number of nitrogens with zero attached hydrogens (tertiary/aromatic N) is 1. The Morgan fingerprint density at radius 3 is 2.26 bits per heavy atom. The fourth-order valence-electron chi connectivity index (χ4n) is 5.63. The zero-order valence-electron chi connectivity index (χ0n) is 27.5. The van der Waals surface area contributed by atoms with Gasteiger partial charge in [0.2, 0.25) is 0 Å². The predicted octanol–water partition coefficient (Wildman–Crippen LogP) is 6.31. The first-order valence-corrected chi connectivity index (χ1v) is 20.4. The minimum Gasteiger partial charge on any atom is -0.597 e. The Labute approximate surface area is 263 Å². The van der Waals surface area contributed by atoms with Crippen molar-refractivity contribution < 1.29 is 33.1 Å². The highest BCUT2D eigenvalue weighted by Gasteiger charge is 2.54. The van der Waals surface area contributed by atoms with Crippen LogP contribution in [0.3, 0.4) is 0 Å². The third-order valence-electron chi connectivity index (χ3n) is 8.23. The van der Waals surface area contributed by atoms with E-state index in [1.165, 1.54) is 6.92 Å². The standard InChI is InChI=1S/C33H53NO7SSi/c1-9-10-19-40-31(36)30(27-13-17-29(18-14-27)41-25(2)35)26-11-15-28(16-12-26)33(22-39-23-33)34(42(37)32(3,4)5)24-38-20-21-43(6,7)8/h9-12,15-16,27,29-30H,13-14,17-24H2,1-8H3/b10-9+. The Balaban J connectivity index is 1.86. The number of hydrogen-bond donors (Lipinski definition) is 0. The molecule has 10 heteroatoms. The van der Waals surface area contributed by atoms with Crippen LogP contribution in [0.25, 0.3) is 0 Å². The third-order valence-corrected chi connectivity index (χ3v) is 11.8. The molecule has 1 heterocycles. The number of allylic oxidation sites excluding steroid dienone is 1. The van der Waals surface area contributed by atoms with Gasteiger partial charge in [-0.1, -0.05) is 60.4 Å². The minimum atomic E-state index is -1.33. The van der Waals surface area contributed by atoms with Gasteiger partial charge in [-0.25, -0.2) is 0 Å². The van der Waals surface area contributed by atoms with E-state index in [9.17, 15) is 14.1 Å². The van der Waals surface area contributed by atoms with E-state index in [0.717, 1.165) is 42.9 Å². The molecule has 1 saturated heterocycles. The first-order valence-electron chi connectivity index (χ1n) is 15.6. The zero-order valence-corrected chi connectivity index (χ0v) is 29.3. The Bertz CT molecular complexity index is 1070. The van der Waals surface area contributed by atoms with E-state index in [0.29, 0.717) is 19.8 Å². The van der Waals surface area contributed by atoms with E-state index in [2.05, 4.69) is 19.6 Å². The van der Waals surface area contributed by atoms with Crippen molar-refractivity contribution in [3.05, 3.63) is 47.5 Å². The van der Waals surface area contributed by atoms with E-state index in [1.54, 1.807) is 0 Å². The SMILES string of the molecule is C/C=C/COC(=O)C(c1ccc(C2(N(COCC[Si](C)(C)C)[S+]([O-])C(C)(C)C)COC2)cc1)C1CCC(OC(C)=O)CC1. The van der Waals surface area contributed by atoms with Crippen molar-refractivity contribution in [2.24, 2.45) is 5.92 Å². The van der Waals surface area contributed by atoms with Gasteiger partial charge in [-0.05, 0) is 76.5 Å². The lowest BCUT2D eigenvalue weighted by molar-refractivity contribution is -0.151. The Kier molecular flexibility index (Phi) is 12.9. The number of carbonyl (C=O) groups is 2. The average molecular weight is 636 g/mol. The van der Waals surface area contributed by atoms with Crippen LogP contribution in [0.2, 0.25) is 25.7 Å². The van der Waals surface area contributed by atoms with Crippen molar-refractivity contribution >= 4 is 31.4 Å². The molecule has 2 unspecified atom stereocenters. The molecule has 0 N–H and O–H groups in total. The van der Waals surface area contributed by atoms with Gasteiger partial charge >= 0.3 is 11.9 Å². The maximum absolute atomic E-state index is 13.9. The molecule has 242 valence electrons. The van der Waals surface area contributed by atoms with Gasteiger partial charge in [-0.2, -0.15) is 0 Å². The molecule has 1 aliphatic heterocycles. The maximum Gasteiger partial charge on any atom is 0.314 e. The molecule has 2 fully saturated rings. The van der Waals surface area contributed by atoms with Gasteiger partial charge in [0.15, 0.2) is 0 Å². The lowest BCUT2D eigenvalue weighted by Crippen LogP contribution is -2.64. The number of hydrogen-bond acceptors (Lipinski definition) is 8. The van der Waals surface area contributed by atoms with Gasteiger partial charge in [-0.3, -0.25) is 9.59 Å². The molecule has 43 heavy (non-hydrogen) atoms. The van der Waals surface area contributed by atoms with Crippen LogP contribution >= 0.6 is 0 Å². The van der Waals surface area contributed by atoms with Crippen molar-refractivity contribution in [1.82, 2.24) is 4.31 Å². The average Bonchev–Trinajstić information content (AvgIpc) is 2.89. The number of ether oxygens (including phenoxy) is 4. The van der Waals surface area contributed by atoms with E-state index < -0.39 is 35.6 Å². The molecule has 0 aromatic heterocycles. The first-order chi connectivity index (χ1) is 20.2. The molecule has 1 aromatic rings. The smallest absolute Gasteiger partial charge is 0.314 e. The number of benzene rings is 1. The van der Waals surface area contributed by atoms with E-state index in [1.807, 2.05) is 68.4 Å². The summed E-state index contributed by atoms with van der Waals surface area (Å²) in [5, 5.41) is 0. The number of esters is 2. The van der Waals surface area contributed by atoms with Gasteiger partial charge in [-0.15, -0.1) is 0 Å². The molecular formula is C33H53NO7SSi. The van der Waals surface area contributed by atoms with Crippen LogP contribution in [0.1, 0.15) is 77.3 Å². The topological polar surface area (TPSA) is 97.4 Å². The Morgan fingerprint density at radius 1 is 1.14 bits per heavy atom. The van der Waals surface area contributed by atoms with Crippen molar-refractivity contribution in [1.29, 1.82) is 0 Å². The summed E-state index contributed by atoms with van der Waals surface area (Å²) in [6.45, 7) is 18.2. The lowest BCUT2D eigenvalue weighted by Gasteiger charge is -2.50. The highest BCUT2D eigenvalue weighted by atomic mass is 32.2. The van der Waals surface area contributed by atoms with Crippen LogP contribution in [0.5, 0.6) is 0 Å². The zero-order chi connectivity index (χ0) is 31.8. The molecule has 2 aliphatic rings. The third kappa shape index (κ3) is 9.90. The molecule has 0 radical (unpaired) electrons. The molecule has 8 nitrogen and oxygen atoms in total. The van der Waals surface area contributed by atoms with Crippen molar-refractivity contribution in [3.63, 3.8) is 0 Å². The highest BCUT2D eigenvalue weighted by molar-refractivity contribution is 7.90. The number of carbonyl (C=O) groups excluding carboxylic acids is 2. The number of rotatable bonds is 14. The molecule has 3 rings (SSSR count). The summed E-state index contributed by atoms with van der Waals surface area (Å²) in [4.78, 5) is 24.9. The monoisotopic (exact) mass is 635 g/mol. The highest BCUT2D eigenvalue weighted by Crippen LogP contribution is 2.43. The summed E-state index contributed by atoms with van der Waals surface area (Å²) in [5.74, 6) is -0.842. The van der Waals surface area contributed by atoms with Gasteiger partial charge in [0.05, 0.1) is 19.1 Å². The summed E-state index contributed by atoms with van der Waals surface area (Å²) in [5.41, 5.74) is 1.31. The quantitative estimate of drug-likeness (QED) is 0.0586. The molecule has 0 bridgehead atoms. The Hall–Kier alpha value is -1.69. The van der Waals surface area contributed by atoms with Crippen LogP contribution in [-0.2, 0) is 45.4 Å². The normalized spacial score (nSPS) is 22.2. The first kappa shape index (κ1) is 35.8. The van der Waals surface area contributed by atoms with Crippen LogP contribution in [-0.4, -0.2) is 72.9 Å². The largest absolute Gasteiger partial charge is 0.597 e. The molecule has 1 aliphatic carbocycles. The van der Waals surface area contributed by atoms with Crippen LogP contribution in [0.4, 0.5) is 0 Å². The van der Waals surface area contributed by atoms with Gasteiger partial charge in [0, 0.05) is 33.0 Å². The van der Waals surface area contributed by atoms with Crippen molar-refractivity contribution in [3.8, 4) is 0 Å². The summed E-state index contributed by atoms with van der Waals surface area (Å²) in [7, 11) is -1.27. The predicted molar refractivity (Wildman–Crippen MR) is 174 cm³/mol. The van der Waals surface area contributed by atoms with Crippen molar-refractivity contribution in [2.75, 3.05) is 33.2 Å². The minimum absolute atomic E-state index is 0.0846. The van der Waals surface area contributed by atoms with Crippen LogP contribution in [0, 0.1) is 5.92 Å². The van der Waals surface area contributed by atoms with Crippen molar-refractivity contribution in [2.45, 2.75) is 108 Å². The van der Waals surface area contributed by atoms with E-state index in [4.69, 9.17) is 18.9 Å². The Morgan fingerprint density at radius 2 is 1.77 bits per heavy atom. The molecule has 0 spiro atoms. The molecule has 1 aromatic carbocycles. The fraction of sp³-hybridized carbons (Fsp3) is 0.697. The van der Waals surface area contributed by atoms with Gasteiger partial charge in [0.1, 0.15) is 29.7 Å². The maximum atomic E-state index is 13.9. The van der Waals surface area contributed by atoms with Gasteiger partial charge < -0.3 is 23.5 Å². The van der Waals surface area contributed by atoms with Crippen LogP contribution in [0.15, 0.2) is 36.4 Å². The van der Waals surface area contributed by atoms with E-state index >= 15 is 0 Å². The molecular weight excluding hydrogens is 583 g/mol. The second-order valence-corrected chi connectivity index (χ2v) is 21.8. The van der Waals surface area contributed by atoms with Crippen LogP contribution < -0.4 is 0 Å². The second-order valence-electron chi connectivity index (χ2n) is 14.1.